The van der Waals surface area contributed by atoms with Gasteiger partial charge in [0, 0.05) is 0 Å². The predicted octanol–water partition coefficient (Wildman–Crippen LogP) is 2.40. The summed E-state index contributed by atoms with van der Waals surface area (Å²) in [5.74, 6) is 0.156. The smallest absolute Gasteiger partial charge is 0.157 e. The Kier molecular flexibility index (Phi) is 3.69. The van der Waals surface area contributed by atoms with Crippen molar-refractivity contribution in [2.45, 2.75) is 31.3 Å². The average Bonchev–Trinajstić information content (AvgIpc) is 2.17. The van der Waals surface area contributed by atoms with Crippen molar-refractivity contribution in [1.29, 1.82) is 0 Å². The van der Waals surface area contributed by atoms with Crippen molar-refractivity contribution in [1.82, 2.24) is 0 Å². The Bertz CT molecular complexity index is 368. The predicted molar refractivity (Wildman–Crippen MR) is 58.8 cm³/mol. The van der Waals surface area contributed by atoms with E-state index in [0.717, 1.165) is 5.56 Å². The molecule has 1 aromatic rings. The fraction of sp³-hybridized carbons (Fsp3) is 0.455. The van der Waals surface area contributed by atoms with E-state index in [1.165, 1.54) is 0 Å². The zero-order valence-corrected chi connectivity index (χ0v) is 9.42. The first-order valence-corrected chi connectivity index (χ1v) is 6.53. The Morgan fingerprint density at radius 2 is 1.79 bits per heavy atom. The Labute approximate surface area is 85.9 Å². The first kappa shape index (κ1) is 11.2. The lowest BCUT2D eigenvalue weighted by Gasteiger charge is -2.10. The molecule has 78 valence electrons. The first-order chi connectivity index (χ1) is 6.56. The summed E-state index contributed by atoms with van der Waals surface area (Å²) in [5, 5.41) is -0.247. The molecule has 0 fully saturated rings. The molecule has 3 heteroatoms. The summed E-state index contributed by atoms with van der Waals surface area (Å²) in [6.07, 6.45) is 0.676. The van der Waals surface area contributed by atoms with E-state index in [-0.39, 0.29) is 11.0 Å². The fourth-order valence-electron chi connectivity index (χ4n) is 1.20. The second-order valence-corrected chi connectivity index (χ2v) is 5.93. The van der Waals surface area contributed by atoms with Crippen LogP contribution in [0.15, 0.2) is 30.3 Å². The van der Waals surface area contributed by atoms with Crippen LogP contribution >= 0.6 is 0 Å². The Hall–Kier alpha value is -0.830. The number of sulfone groups is 1. The summed E-state index contributed by atoms with van der Waals surface area (Å²) in [4.78, 5) is 0. The lowest BCUT2D eigenvalue weighted by Crippen LogP contribution is -2.18. The van der Waals surface area contributed by atoms with Gasteiger partial charge in [0.15, 0.2) is 9.84 Å². The Balaban J connectivity index is 2.79. The van der Waals surface area contributed by atoms with Gasteiger partial charge in [0.25, 0.3) is 0 Å². The molecule has 1 rings (SSSR count). The van der Waals surface area contributed by atoms with Gasteiger partial charge in [-0.05, 0) is 18.9 Å². The molecule has 0 saturated carbocycles. The van der Waals surface area contributed by atoms with Crippen molar-refractivity contribution in [2.75, 3.05) is 0 Å². The van der Waals surface area contributed by atoms with E-state index in [2.05, 4.69) is 0 Å². The van der Waals surface area contributed by atoms with Crippen LogP contribution in [-0.2, 0) is 15.6 Å². The third kappa shape index (κ3) is 2.84. The molecule has 14 heavy (non-hydrogen) atoms. The quantitative estimate of drug-likeness (QED) is 0.768. The highest BCUT2D eigenvalue weighted by atomic mass is 32.2. The van der Waals surface area contributed by atoms with Crippen molar-refractivity contribution in [3.05, 3.63) is 35.9 Å². The maximum absolute atomic E-state index is 11.7. The lowest BCUT2D eigenvalue weighted by molar-refractivity contribution is 0.580. The minimum Gasteiger partial charge on any atom is -0.228 e. The van der Waals surface area contributed by atoms with Crippen LogP contribution in [0, 0.1) is 0 Å². The van der Waals surface area contributed by atoms with E-state index in [0.29, 0.717) is 6.42 Å². The molecule has 0 aliphatic carbocycles. The van der Waals surface area contributed by atoms with Gasteiger partial charge in [-0.2, -0.15) is 0 Å². The SMILES string of the molecule is CCC(C)S(=O)(=O)Cc1ccccc1. The minimum atomic E-state index is -2.96. The lowest BCUT2D eigenvalue weighted by atomic mass is 10.2. The van der Waals surface area contributed by atoms with Gasteiger partial charge in [0.1, 0.15) is 0 Å². The van der Waals surface area contributed by atoms with Gasteiger partial charge in [-0.1, -0.05) is 37.3 Å². The summed E-state index contributed by atoms with van der Waals surface area (Å²) in [7, 11) is -2.96. The van der Waals surface area contributed by atoms with Crippen LogP contribution in [0.25, 0.3) is 0 Å². The van der Waals surface area contributed by atoms with Gasteiger partial charge in [0.2, 0.25) is 0 Å². The Morgan fingerprint density at radius 1 is 1.21 bits per heavy atom. The molecule has 0 spiro atoms. The molecule has 0 bridgehead atoms. The van der Waals surface area contributed by atoms with Crippen molar-refractivity contribution in [3.63, 3.8) is 0 Å². The third-order valence-corrected chi connectivity index (χ3v) is 4.69. The van der Waals surface area contributed by atoms with Gasteiger partial charge in [-0.15, -0.1) is 0 Å². The summed E-state index contributed by atoms with van der Waals surface area (Å²) in [5.41, 5.74) is 0.868. The molecule has 0 N–H and O–H groups in total. The summed E-state index contributed by atoms with van der Waals surface area (Å²) >= 11 is 0. The van der Waals surface area contributed by atoms with Crippen LogP contribution in [0.2, 0.25) is 0 Å². The highest BCUT2D eigenvalue weighted by Gasteiger charge is 2.18. The third-order valence-electron chi connectivity index (χ3n) is 2.40. The molecular weight excluding hydrogens is 196 g/mol. The average molecular weight is 212 g/mol. The number of benzene rings is 1. The molecule has 0 radical (unpaired) electrons. The molecular formula is C11H16O2S. The van der Waals surface area contributed by atoms with E-state index in [1.807, 2.05) is 37.3 Å². The van der Waals surface area contributed by atoms with Gasteiger partial charge in [-0.3, -0.25) is 0 Å². The van der Waals surface area contributed by atoms with Crippen LogP contribution in [0.5, 0.6) is 0 Å². The van der Waals surface area contributed by atoms with E-state index in [9.17, 15) is 8.42 Å². The van der Waals surface area contributed by atoms with E-state index >= 15 is 0 Å². The monoisotopic (exact) mass is 212 g/mol. The zero-order chi connectivity index (χ0) is 10.6. The topological polar surface area (TPSA) is 34.1 Å². The van der Waals surface area contributed by atoms with Crippen LogP contribution in [0.3, 0.4) is 0 Å². The van der Waals surface area contributed by atoms with Gasteiger partial charge >= 0.3 is 0 Å². The molecule has 0 aromatic heterocycles. The molecule has 1 atom stereocenters. The summed E-state index contributed by atoms with van der Waals surface area (Å²) in [6.45, 7) is 3.66. The van der Waals surface area contributed by atoms with E-state index < -0.39 is 9.84 Å². The van der Waals surface area contributed by atoms with Crippen LogP contribution in [-0.4, -0.2) is 13.7 Å². The zero-order valence-electron chi connectivity index (χ0n) is 8.60. The van der Waals surface area contributed by atoms with Gasteiger partial charge in [-0.25, -0.2) is 8.42 Å². The van der Waals surface area contributed by atoms with Crippen molar-refractivity contribution in [2.24, 2.45) is 0 Å². The maximum Gasteiger partial charge on any atom is 0.157 e. The highest BCUT2D eigenvalue weighted by Crippen LogP contribution is 2.12. The summed E-state index contributed by atoms with van der Waals surface area (Å²) < 4.78 is 23.5. The molecule has 0 aliphatic rings. The standard InChI is InChI=1S/C11H16O2S/c1-3-10(2)14(12,13)9-11-7-5-4-6-8-11/h4-8,10H,3,9H2,1-2H3. The molecule has 0 amide bonds. The fourth-order valence-corrected chi connectivity index (χ4v) is 2.65. The normalized spacial score (nSPS) is 13.9. The Morgan fingerprint density at radius 3 is 2.29 bits per heavy atom. The number of rotatable bonds is 4. The largest absolute Gasteiger partial charge is 0.228 e. The second kappa shape index (κ2) is 4.60. The van der Waals surface area contributed by atoms with Crippen LogP contribution in [0.1, 0.15) is 25.8 Å². The number of hydrogen-bond acceptors (Lipinski definition) is 2. The van der Waals surface area contributed by atoms with E-state index in [4.69, 9.17) is 0 Å². The molecule has 0 heterocycles. The maximum atomic E-state index is 11.7. The van der Waals surface area contributed by atoms with Crippen molar-refractivity contribution >= 4 is 9.84 Å². The van der Waals surface area contributed by atoms with E-state index in [1.54, 1.807) is 6.92 Å². The van der Waals surface area contributed by atoms with Crippen LogP contribution < -0.4 is 0 Å². The van der Waals surface area contributed by atoms with Gasteiger partial charge < -0.3 is 0 Å². The van der Waals surface area contributed by atoms with Crippen LogP contribution in [0.4, 0.5) is 0 Å². The van der Waals surface area contributed by atoms with Crippen molar-refractivity contribution < 1.29 is 8.42 Å². The molecule has 2 nitrogen and oxygen atoms in total. The molecule has 1 unspecified atom stereocenters. The molecule has 0 saturated heterocycles. The minimum absolute atomic E-state index is 0.156. The second-order valence-electron chi connectivity index (χ2n) is 3.51. The van der Waals surface area contributed by atoms with Gasteiger partial charge in [0.05, 0.1) is 11.0 Å². The molecule has 1 aromatic carbocycles. The van der Waals surface area contributed by atoms with Crippen molar-refractivity contribution in [3.8, 4) is 0 Å². The summed E-state index contributed by atoms with van der Waals surface area (Å²) in [6, 6.07) is 9.31. The first-order valence-electron chi connectivity index (χ1n) is 4.81. The number of hydrogen-bond donors (Lipinski definition) is 0. The molecule has 0 aliphatic heterocycles. The highest BCUT2D eigenvalue weighted by molar-refractivity contribution is 7.91.